The van der Waals surface area contributed by atoms with Crippen molar-refractivity contribution in [1.82, 2.24) is 15.6 Å². The molecule has 0 saturated carbocycles. The van der Waals surface area contributed by atoms with E-state index in [1.807, 2.05) is 68.4 Å². The molecule has 2 aromatic carbocycles. The molecular formula is C30H38N4O7. The second-order valence-electron chi connectivity index (χ2n) is 10.4. The first-order valence-corrected chi connectivity index (χ1v) is 13.6. The standard InChI is InChI=1S/C30H38N4O7/c1-18(2)14-24(33-29(39)27(37)22(31)12-13-26(35)36)28(38)34-25(30(40)41-17-19-8-4-3-5-9-19)15-20-16-32-23-11-7-6-10-21(20)23/h3-11,16,18,22,24-25,27,32,37H,12-15,17,31H2,1-2H3,(H,33,39)(H,34,38)(H,35,36)/t22-,24+,25+,27+/m1/s1. The number of benzene rings is 2. The van der Waals surface area contributed by atoms with Crippen LogP contribution in [-0.4, -0.2) is 63.2 Å². The molecule has 11 heteroatoms. The Morgan fingerprint density at radius 2 is 1.61 bits per heavy atom. The Bertz CT molecular complexity index is 1320. The van der Waals surface area contributed by atoms with Gasteiger partial charge in [0.1, 0.15) is 24.8 Å². The van der Waals surface area contributed by atoms with E-state index in [1.165, 1.54) is 0 Å². The zero-order valence-corrected chi connectivity index (χ0v) is 23.2. The number of hydrogen-bond donors (Lipinski definition) is 6. The zero-order chi connectivity index (χ0) is 29.9. The number of hydrogen-bond acceptors (Lipinski definition) is 7. The zero-order valence-electron chi connectivity index (χ0n) is 23.2. The van der Waals surface area contributed by atoms with Gasteiger partial charge in [-0.1, -0.05) is 62.4 Å². The highest BCUT2D eigenvalue weighted by atomic mass is 16.5. The summed E-state index contributed by atoms with van der Waals surface area (Å²) in [6.45, 7) is 3.74. The highest BCUT2D eigenvalue weighted by Gasteiger charge is 2.32. The van der Waals surface area contributed by atoms with Gasteiger partial charge in [-0.15, -0.1) is 0 Å². The van der Waals surface area contributed by atoms with Crippen LogP contribution < -0.4 is 16.4 Å². The highest BCUT2D eigenvalue weighted by molar-refractivity contribution is 5.92. The molecule has 1 aromatic heterocycles. The average Bonchev–Trinajstić information content (AvgIpc) is 3.36. The normalized spacial score (nSPS) is 14.2. The van der Waals surface area contributed by atoms with Crippen LogP contribution in [0.3, 0.4) is 0 Å². The van der Waals surface area contributed by atoms with Gasteiger partial charge in [-0.25, -0.2) is 4.79 Å². The third kappa shape index (κ3) is 9.44. The number of carboxylic acid groups (broad SMARTS) is 1. The van der Waals surface area contributed by atoms with Gasteiger partial charge >= 0.3 is 11.9 Å². The lowest BCUT2D eigenvalue weighted by Crippen LogP contribution is -2.56. The fourth-order valence-electron chi connectivity index (χ4n) is 4.42. The predicted molar refractivity (Wildman–Crippen MR) is 152 cm³/mol. The van der Waals surface area contributed by atoms with Gasteiger partial charge in [0.05, 0.1) is 0 Å². The molecule has 0 spiro atoms. The number of ether oxygens (including phenoxy) is 1. The van der Waals surface area contributed by atoms with E-state index in [2.05, 4.69) is 15.6 Å². The molecule has 11 nitrogen and oxygen atoms in total. The molecule has 0 aliphatic heterocycles. The van der Waals surface area contributed by atoms with Crippen LogP contribution in [0.5, 0.6) is 0 Å². The van der Waals surface area contributed by atoms with Crippen LogP contribution >= 0.6 is 0 Å². The summed E-state index contributed by atoms with van der Waals surface area (Å²) in [4.78, 5) is 53.5. The molecule has 0 saturated heterocycles. The minimum absolute atomic E-state index is 0.0203. The second kappa shape index (κ2) is 15.0. The molecule has 3 aromatic rings. The summed E-state index contributed by atoms with van der Waals surface area (Å²) in [5.41, 5.74) is 8.27. The molecule has 0 bridgehead atoms. The van der Waals surface area contributed by atoms with Gasteiger partial charge in [-0.3, -0.25) is 14.4 Å². The maximum atomic E-state index is 13.5. The van der Waals surface area contributed by atoms with E-state index < -0.39 is 48.0 Å². The summed E-state index contributed by atoms with van der Waals surface area (Å²) in [6, 6.07) is 13.4. The van der Waals surface area contributed by atoms with Crippen molar-refractivity contribution in [2.24, 2.45) is 11.7 Å². The lowest BCUT2D eigenvalue weighted by atomic mass is 10.00. The Hall–Kier alpha value is -4.22. The van der Waals surface area contributed by atoms with Crippen molar-refractivity contribution in [3.05, 3.63) is 71.9 Å². The van der Waals surface area contributed by atoms with E-state index in [0.29, 0.717) is 0 Å². The number of aliphatic hydroxyl groups excluding tert-OH is 1. The Balaban J connectivity index is 1.77. The van der Waals surface area contributed by atoms with Gasteiger partial charge in [0, 0.05) is 36.0 Å². The number of carboxylic acids is 1. The number of carbonyl (C=O) groups is 4. The van der Waals surface area contributed by atoms with Gasteiger partial charge in [0.25, 0.3) is 5.91 Å². The third-order valence-corrected chi connectivity index (χ3v) is 6.63. The van der Waals surface area contributed by atoms with Gasteiger partial charge in [-0.2, -0.15) is 0 Å². The lowest BCUT2D eigenvalue weighted by Gasteiger charge is -2.26. The largest absolute Gasteiger partial charge is 0.481 e. The minimum atomic E-state index is -1.71. The van der Waals surface area contributed by atoms with E-state index in [-0.39, 0.29) is 38.2 Å². The molecule has 4 atom stereocenters. The van der Waals surface area contributed by atoms with Crippen LogP contribution in [0.2, 0.25) is 0 Å². The van der Waals surface area contributed by atoms with Gasteiger partial charge in [0.15, 0.2) is 0 Å². The number of para-hydroxylation sites is 1. The fraction of sp³-hybridized carbons (Fsp3) is 0.400. The molecular weight excluding hydrogens is 528 g/mol. The molecule has 0 aliphatic rings. The molecule has 2 amide bonds. The van der Waals surface area contributed by atoms with Crippen LogP contribution in [0.25, 0.3) is 10.9 Å². The summed E-state index contributed by atoms with van der Waals surface area (Å²) < 4.78 is 5.55. The van der Waals surface area contributed by atoms with Crippen molar-refractivity contribution in [2.75, 3.05) is 0 Å². The summed E-state index contributed by atoms with van der Waals surface area (Å²) in [5.74, 6) is -3.30. The number of nitrogens with one attached hydrogen (secondary N) is 3. The van der Waals surface area contributed by atoms with Gasteiger partial charge < -0.3 is 36.3 Å². The number of amides is 2. The van der Waals surface area contributed by atoms with Crippen LogP contribution in [0.15, 0.2) is 60.8 Å². The number of esters is 1. The van der Waals surface area contributed by atoms with Crippen molar-refractivity contribution in [3.63, 3.8) is 0 Å². The monoisotopic (exact) mass is 566 g/mol. The van der Waals surface area contributed by atoms with E-state index in [0.717, 1.165) is 22.0 Å². The molecule has 220 valence electrons. The molecule has 3 rings (SSSR count). The maximum absolute atomic E-state index is 13.5. The van der Waals surface area contributed by atoms with E-state index in [9.17, 15) is 24.3 Å². The van der Waals surface area contributed by atoms with Crippen molar-refractivity contribution in [2.45, 2.75) is 70.4 Å². The Morgan fingerprint density at radius 3 is 2.29 bits per heavy atom. The first kappa shape index (κ1) is 31.3. The summed E-state index contributed by atoms with van der Waals surface area (Å²) in [5, 5.41) is 25.4. The molecule has 7 N–H and O–H groups in total. The van der Waals surface area contributed by atoms with E-state index >= 15 is 0 Å². The molecule has 0 unspecified atom stereocenters. The highest BCUT2D eigenvalue weighted by Crippen LogP contribution is 2.20. The average molecular weight is 567 g/mol. The number of aliphatic hydroxyl groups is 1. The molecule has 0 radical (unpaired) electrons. The van der Waals surface area contributed by atoms with Crippen LogP contribution in [0.1, 0.15) is 44.2 Å². The van der Waals surface area contributed by atoms with E-state index in [1.54, 1.807) is 6.20 Å². The first-order chi connectivity index (χ1) is 19.5. The number of H-pyrrole nitrogens is 1. The number of carbonyl (C=O) groups excluding carboxylic acids is 3. The van der Waals surface area contributed by atoms with Crippen molar-refractivity contribution in [3.8, 4) is 0 Å². The third-order valence-electron chi connectivity index (χ3n) is 6.63. The fourth-order valence-corrected chi connectivity index (χ4v) is 4.42. The molecule has 0 fully saturated rings. The first-order valence-electron chi connectivity index (χ1n) is 13.6. The van der Waals surface area contributed by atoms with Crippen molar-refractivity contribution < 1.29 is 34.1 Å². The minimum Gasteiger partial charge on any atom is -0.481 e. The summed E-state index contributed by atoms with van der Waals surface area (Å²) in [7, 11) is 0. The van der Waals surface area contributed by atoms with E-state index in [4.69, 9.17) is 15.6 Å². The quantitative estimate of drug-likeness (QED) is 0.151. The number of nitrogens with two attached hydrogens (primary N) is 1. The molecule has 41 heavy (non-hydrogen) atoms. The number of aliphatic carboxylic acids is 1. The SMILES string of the molecule is CC(C)C[C@H](NC(=O)[C@@H](O)[C@H](N)CCC(=O)O)C(=O)N[C@@H](Cc1c[nH]c2ccccc12)C(=O)OCc1ccccc1. The summed E-state index contributed by atoms with van der Waals surface area (Å²) in [6.07, 6.45) is -0.0273. The molecule has 0 aliphatic carbocycles. The topological polar surface area (TPSA) is 184 Å². The smallest absolute Gasteiger partial charge is 0.329 e. The Kier molecular flexibility index (Phi) is 11.4. The van der Waals surface area contributed by atoms with Gasteiger partial charge in [-0.05, 0) is 36.0 Å². The van der Waals surface area contributed by atoms with Crippen LogP contribution in [-0.2, 0) is 36.9 Å². The number of aromatic amines is 1. The van der Waals surface area contributed by atoms with Gasteiger partial charge in [0.2, 0.25) is 5.91 Å². The maximum Gasteiger partial charge on any atom is 0.329 e. The Morgan fingerprint density at radius 1 is 0.951 bits per heavy atom. The number of aromatic nitrogens is 1. The molecule has 1 heterocycles. The summed E-state index contributed by atoms with van der Waals surface area (Å²) >= 11 is 0. The Labute approximate surface area is 238 Å². The van der Waals surface area contributed by atoms with Crippen molar-refractivity contribution >= 4 is 34.7 Å². The van der Waals surface area contributed by atoms with Crippen LogP contribution in [0, 0.1) is 5.92 Å². The number of rotatable bonds is 15. The van der Waals surface area contributed by atoms with Crippen LogP contribution in [0.4, 0.5) is 0 Å². The number of fused-ring (bicyclic) bond motifs is 1. The van der Waals surface area contributed by atoms with Crippen molar-refractivity contribution in [1.29, 1.82) is 0 Å². The predicted octanol–water partition coefficient (Wildman–Crippen LogP) is 2.02. The lowest BCUT2D eigenvalue weighted by molar-refractivity contribution is -0.149. The second-order valence-corrected chi connectivity index (χ2v) is 10.4.